The zero-order chi connectivity index (χ0) is 12.0. The lowest BCUT2D eigenvalue weighted by atomic mass is 10.2. The van der Waals surface area contributed by atoms with Gasteiger partial charge in [0.15, 0.2) is 0 Å². The van der Waals surface area contributed by atoms with Crippen molar-refractivity contribution in [1.82, 2.24) is 5.32 Å². The maximum Gasteiger partial charge on any atom is 0.0452 e. The Morgan fingerprint density at radius 1 is 1.38 bits per heavy atom. The molecule has 0 spiro atoms. The molecule has 0 atom stereocenters. The average Bonchev–Trinajstić information content (AvgIpc) is 2.22. The van der Waals surface area contributed by atoms with Crippen molar-refractivity contribution in [1.29, 1.82) is 0 Å². The minimum atomic E-state index is 0.578. The number of hydrogen-bond acceptors (Lipinski definition) is 3. The summed E-state index contributed by atoms with van der Waals surface area (Å²) >= 11 is 1.85. The van der Waals surface area contributed by atoms with Crippen LogP contribution in [0.1, 0.15) is 25.8 Å². The summed E-state index contributed by atoms with van der Waals surface area (Å²) in [6, 6.07) is 6.79. The first-order valence-electron chi connectivity index (χ1n) is 5.82. The van der Waals surface area contributed by atoms with Crippen LogP contribution in [0.25, 0.3) is 0 Å². The Morgan fingerprint density at radius 2 is 2.12 bits per heavy atom. The van der Waals surface area contributed by atoms with Crippen molar-refractivity contribution in [3.05, 3.63) is 23.8 Å². The van der Waals surface area contributed by atoms with Gasteiger partial charge >= 0.3 is 0 Å². The zero-order valence-corrected chi connectivity index (χ0v) is 11.2. The topological polar surface area (TPSA) is 38.0 Å². The van der Waals surface area contributed by atoms with Gasteiger partial charge in [-0.3, -0.25) is 0 Å². The molecule has 1 rings (SSSR count). The highest BCUT2D eigenvalue weighted by molar-refractivity contribution is 7.99. The Morgan fingerprint density at radius 3 is 2.81 bits per heavy atom. The van der Waals surface area contributed by atoms with Crippen molar-refractivity contribution in [2.45, 2.75) is 38.1 Å². The molecule has 16 heavy (non-hydrogen) atoms. The minimum absolute atomic E-state index is 0.578. The predicted octanol–water partition coefficient (Wildman–Crippen LogP) is 3.06. The van der Waals surface area contributed by atoms with E-state index in [1.165, 1.54) is 16.9 Å². The van der Waals surface area contributed by atoms with Gasteiger partial charge in [0.1, 0.15) is 0 Å². The highest BCUT2D eigenvalue weighted by Gasteiger charge is 2.00. The van der Waals surface area contributed by atoms with E-state index in [0.717, 1.165) is 18.0 Å². The number of nitrogens with one attached hydrogen (secondary N) is 1. The molecule has 0 saturated heterocycles. The molecule has 0 aliphatic carbocycles. The van der Waals surface area contributed by atoms with Gasteiger partial charge in [0.25, 0.3) is 0 Å². The third-order valence-electron chi connectivity index (χ3n) is 2.30. The van der Waals surface area contributed by atoms with E-state index in [9.17, 15) is 0 Å². The van der Waals surface area contributed by atoms with Crippen LogP contribution in [0.4, 0.5) is 5.69 Å². The first-order chi connectivity index (χ1) is 7.59. The summed E-state index contributed by atoms with van der Waals surface area (Å²) in [6.07, 6.45) is 1.18. The highest BCUT2D eigenvalue weighted by Crippen LogP contribution is 2.26. The van der Waals surface area contributed by atoms with Gasteiger partial charge in [-0.25, -0.2) is 0 Å². The van der Waals surface area contributed by atoms with Crippen LogP contribution in [0.15, 0.2) is 23.1 Å². The second-order valence-corrected chi connectivity index (χ2v) is 5.49. The van der Waals surface area contributed by atoms with E-state index in [1.807, 2.05) is 17.8 Å². The van der Waals surface area contributed by atoms with Crippen molar-refractivity contribution >= 4 is 17.4 Å². The SMILES string of the molecule is Cc1ccc(N)c(SCCCNC(C)C)c1. The van der Waals surface area contributed by atoms with Crippen LogP contribution in [0.2, 0.25) is 0 Å². The third kappa shape index (κ3) is 4.90. The lowest BCUT2D eigenvalue weighted by Gasteiger charge is -2.09. The molecule has 1 aromatic carbocycles. The van der Waals surface area contributed by atoms with E-state index < -0.39 is 0 Å². The Kier molecular flexibility index (Phi) is 5.71. The van der Waals surface area contributed by atoms with E-state index in [4.69, 9.17) is 5.73 Å². The molecule has 2 nitrogen and oxygen atoms in total. The number of anilines is 1. The number of nitrogen functional groups attached to an aromatic ring is 1. The van der Waals surface area contributed by atoms with Crippen molar-refractivity contribution in [2.24, 2.45) is 0 Å². The van der Waals surface area contributed by atoms with E-state index in [0.29, 0.717) is 6.04 Å². The molecule has 0 heterocycles. The molecule has 0 amide bonds. The molecule has 0 saturated carbocycles. The number of benzene rings is 1. The maximum atomic E-state index is 5.92. The van der Waals surface area contributed by atoms with Crippen molar-refractivity contribution in [3.63, 3.8) is 0 Å². The summed E-state index contributed by atoms with van der Waals surface area (Å²) in [5, 5.41) is 3.41. The van der Waals surface area contributed by atoms with Crippen LogP contribution in [-0.2, 0) is 0 Å². The molecule has 1 aromatic rings. The first kappa shape index (κ1) is 13.4. The minimum Gasteiger partial charge on any atom is -0.398 e. The average molecular weight is 238 g/mol. The smallest absolute Gasteiger partial charge is 0.0452 e. The fraction of sp³-hybridized carbons (Fsp3) is 0.538. The van der Waals surface area contributed by atoms with Crippen LogP contribution in [-0.4, -0.2) is 18.3 Å². The summed E-state index contributed by atoms with van der Waals surface area (Å²) in [6.45, 7) is 7.53. The van der Waals surface area contributed by atoms with E-state index in [-0.39, 0.29) is 0 Å². The van der Waals surface area contributed by atoms with Crippen LogP contribution in [0.3, 0.4) is 0 Å². The van der Waals surface area contributed by atoms with Crippen molar-refractivity contribution < 1.29 is 0 Å². The first-order valence-corrected chi connectivity index (χ1v) is 6.80. The van der Waals surface area contributed by atoms with Crippen LogP contribution >= 0.6 is 11.8 Å². The van der Waals surface area contributed by atoms with Gasteiger partial charge in [0.2, 0.25) is 0 Å². The molecule has 0 aliphatic heterocycles. The normalized spacial score (nSPS) is 11.0. The summed E-state index contributed by atoms with van der Waals surface area (Å²) in [5.74, 6) is 1.12. The monoisotopic (exact) mass is 238 g/mol. The Labute approximate surface area is 103 Å². The molecule has 0 unspecified atom stereocenters. The Hall–Kier alpha value is -0.670. The van der Waals surface area contributed by atoms with E-state index in [2.05, 4.69) is 38.2 Å². The molecule has 0 aliphatic rings. The maximum absolute atomic E-state index is 5.92. The van der Waals surface area contributed by atoms with Crippen molar-refractivity contribution in [3.8, 4) is 0 Å². The summed E-state index contributed by atoms with van der Waals surface area (Å²) in [4.78, 5) is 1.21. The summed E-state index contributed by atoms with van der Waals surface area (Å²) in [7, 11) is 0. The molecular formula is C13H22N2S. The summed E-state index contributed by atoms with van der Waals surface area (Å²) < 4.78 is 0. The van der Waals surface area contributed by atoms with E-state index >= 15 is 0 Å². The number of aryl methyl sites for hydroxylation is 1. The fourth-order valence-electron chi connectivity index (χ4n) is 1.41. The molecule has 3 N–H and O–H groups in total. The number of thioether (sulfide) groups is 1. The van der Waals surface area contributed by atoms with Gasteiger partial charge in [-0.15, -0.1) is 11.8 Å². The van der Waals surface area contributed by atoms with Gasteiger partial charge in [-0.05, 0) is 43.3 Å². The van der Waals surface area contributed by atoms with Crippen LogP contribution in [0, 0.1) is 6.92 Å². The second-order valence-electron chi connectivity index (χ2n) is 4.35. The molecular weight excluding hydrogens is 216 g/mol. The fourth-order valence-corrected chi connectivity index (χ4v) is 2.42. The van der Waals surface area contributed by atoms with Crippen molar-refractivity contribution in [2.75, 3.05) is 18.0 Å². The molecule has 0 bridgehead atoms. The highest BCUT2D eigenvalue weighted by atomic mass is 32.2. The van der Waals surface area contributed by atoms with E-state index in [1.54, 1.807) is 0 Å². The van der Waals surface area contributed by atoms with Gasteiger partial charge in [0, 0.05) is 16.6 Å². The lowest BCUT2D eigenvalue weighted by Crippen LogP contribution is -2.23. The standard InChI is InChI=1S/C13H22N2S/c1-10(2)15-7-4-8-16-13-9-11(3)5-6-12(13)14/h5-6,9-10,15H,4,7-8,14H2,1-3H3. The molecule has 3 heteroatoms. The van der Waals surface area contributed by atoms with Gasteiger partial charge < -0.3 is 11.1 Å². The Balaban J connectivity index is 2.29. The third-order valence-corrected chi connectivity index (χ3v) is 3.46. The number of rotatable bonds is 6. The number of hydrogen-bond donors (Lipinski definition) is 2. The molecule has 90 valence electrons. The largest absolute Gasteiger partial charge is 0.398 e. The van der Waals surface area contributed by atoms with Gasteiger partial charge in [-0.1, -0.05) is 19.9 Å². The second kappa shape index (κ2) is 6.81. The summed E-state index contributed by atoms with van der Waals surface area (Å²) in [5.41, 5.74) is 8.09. The van der Waals surface area contributed by atoms with Gasteiger partial charge in [-0.2, -0.15) is 0 Å². The lowest BCUT2D eigenvalue weighted by molar-refractivity contribution is 0.586. The molecule has 0 radical (unpaired) electrons. The Bertz CT molecular complexity index is 324. The zero-order valence-electron chi connectivity index (χ0n) is 10.4. The molecule has 0 aromatic heterocycles. The quantitative estimate of drug-likeness (QED) is 0.454. The number of nitrogens with two attached hydrogens (primary N) is 1. The van der Waals surface area contributed by atoms with Crippen LogP contribution in [0.5, 0.6) is 0 Å². The molecule has 0 fully saturated rings. The predicted molar refractivity (Wildman–Crippen MR) is 74.1 cm³/mol. The van der Waals surface area contributed by atoms with Gasteiger partial charge in [0.05, 0.1) is 0 Å². The van der Waals surface area contributed by atoms with Crippen LogP contribution < -0.4 is 11.1 Å².